The van der Waals surface area contributed by atoms with Crippen LogP contribution in [-0.4, -0.2) is 52.4 Å². The number of rotatable bonds is 9. The molecular weight excluding hydrogens is 294 g/mol. The summed E-state index contributed by atoms with van der Waals surface area (Å²) >= 11 is 0. The van der Waals surface area contributed by atoms with E-state index in [2.05, 4.69) is 32.3 Å². The summed E-state index contributed by atoms with van der Waals surface area (Å²) in [6, 6.07) is -0.280. The standard InChI is InChI=1S/C17H31N3O3/c1-4-17(3,5-2)10-13-6-7-15(20(13)12-18)16(23)19-9-8-14(22)11-21/h13-15,21-22H,4-11H2,1-3H3,(H,19,23)/t13?,14-,15?/m0/s1. The van der Waals surface area contributed by atoms with Crippen molar-refractivity contribution in [3.05, 3.63) is 0 Å². The van der Waals surface area contributed by atoms with Gasteiger partial charge in [0, 0.05) is 12.6 Å². The molecule has 1 amide bonds. The van der Waals surface area contributed by atoms with Gasteiger partial charge in [-0.3, -0.25) is 9.69 Å². The van der Waals surface area contributed by atoms with E-state index in [0.29, 0.717) is 19.4 Å². The second-order valence-corrected chi connectivity index (χ2v) is 6.89. The summed E-state index contributed by atoms with van der Waals surface area (Å²) in [5.74, 6) is -0.158. The van der Waals surface area contributed by atoms with Crippen molar-refractivity contribution in [3.63, 3.8) is 0 Å². The highest BCUT2D eigenvalue weighted by molar-refractivity contribution is 5.82. The first-order chi connectivity index (χ1) is 10.9. The third kappa shape index (κ3) is 5.36. The Labute approximate surface area is 139 Å². The molecule has 3 N–H and O–H groups in total. The predicted octanol–water partition coefficient (Wildman–Crippen LogP) is 1.38. The quantitative estimate of drug-likeness (QED) is 0.557. The zero-order valence-corrected chi connectivity index (χ0v) is 14.6. The van der Waals surface area contributed by atoms with Crippen LogP contribution in [0.1, 0.15) is 59.3 Å². The minimum Gasteiger partial charge on any atom is -0.394 e. The van der Waals surface area contributed by atoms with Crippen LogP contribution in [0.25, 0.3) is 0 Å². The molecule has 6 heteroatoms. The van der Waals surface area contributed by atoms with E-state index in [4.69, 9.17) is 5.11 Å². The van der Waals surface area contributed by atoms with Crippen LogP contribution >= 0.6 is 0 Å². The van der Waals surface area contributed by atoms with E-state index >= 15 is 0 Å². The summed E-state index contributed by atoms with van der Waals surface area (Å²) in [5, 5.41) is 30.3. The van der Waals surface area contributed by atoms with E-state index in [1.165, 1.54) is 0 Å². The van der Waals surface area contributed by atoms with Gasteiger partial charge >= 0.3 is 0 Å². The lowest BCUT2D eigenvalue weighted by atomic mass is 9.78. The SMILES string of the molecule is CCC(C)(CC)CC1CCC(C(=O)NCC[C@H](O)CO)N1C#N. The molecular formula is C17H31N3O3. The van der Waals surface area contributed by atoms with Crippen molar-refractivity contribution in [2.75, 3.05) is 13.2 Å². The van der Waals surface area contributed by atoms with Crippen molar-refractivity contribution in [3.8, 4) is 6.19 Å². The highest BCUT2D eigenvalue weighted by Crippen LogP contribution is 2.37. The molecule has 0 spiro atoms. The smallest absolute Gasteiger partial charge is 0.243 e. The van der Waals surface area contributed by atoms with Crippen LogP contribution < -0.4 is 5.32 Å². The van der Waals surface area contributed by atoms with Crippen LogP contribution in [0.5, 0.6) is 0 Å². The van der Waals surface area contributed by atoms with Crippen LogP contribution in [0, 0.1) is 16.9 Å². The van der Waals surface area contributed by atoms with Crippen LogP contribution in [0.15, 0.2) is 0 Å². The van der Waals surface area contributed by atoms with E-state index < -0.39 is 12.1 Å². The van der Waals surface area contributed by atoms with Crippen molar-refractivity contribution in [2.24, 2.45) is 5.41 Å². The third-order valence-corrected chi connectivity index (χ3v) is 5.34. The number of aliphatic hydroxyl groups excluding tert-OH is 2. The van der Waals surface area contributed by atoms with Gasteiger partial charge in [-0.15, -0.1) is 0 Å². The molecule has 0 saturated carbocycles. The molecule has 0 aromatic rings. The number of hydrogen-bond donors (Lipinski definition) is 3. The molecule has 3 atom stereocenters. The monoisotopic (exact) mass is 325 g/mol. The summed E-state index contributed by atoms with van der Waals surface area (Å²) < 4.78 is 0. The Balaban J connectivity index is 2.58. The van der Waals surface area contributed by atoms with Gasteiger partial charge in [0.25, 0.3) is 0 Å². The van der Waals surface area contributed by atoms with Crippen LogP contribution in [0.2, 0.25) is 0 Å². The van der Waals surface area contributed by atoms with E-state index in [9.17, 15) is 15.2 Å². The second-order valence-electron chi connectivity index (χ2n) is 6.89. The van der Waals surface area contributed by atoms with Gasteiger partial charge in [0.2, 0.25) is 5.91 Å². The normalized spacial score (nSPS) is 22.7. The Morgan fingerprint density at radius 1 is 1.43 bits per heavy atom. The summed E-state index contributed by atoms with van der Waals surface area (Å²) in [4.78, 5) is 13.9. The van der Waals surface area contributed by atoms with Crippen LogP contribution in [-0.2, 0) is 4.79 Å². The fraction of sp³-hybridized carbons (Fsp3) is 0.882. The molecule has 1 heterocycles. The summed E-state index contributed by atoms with van der Waals surface area (Å²) in [5.41, 5.74) is 0.205. The lowest BCUT2D eigenvalue weighted by Gasteiger charge is -2.33. The zero-order chi connectivity index (χ0) is 17.5. The van der Waals surface area contributed by atoms with Gasteiger partial charge in [-0.2, -0.15) is 5.26 Å². The molecule has 6 nitrogen and oxygen atoms in total. The lowest BCUT2D eigenvalue weighted by molar-refractivity contribution is -0.125. The summed E-state index contributed by atoms with van der Waals surface area (Å²) in [6.07, 6.45) is 6.32. The number of nitrogens with zero attached hydrogens (tertiary/aromatic N) is 2. The molecule has 2 unspecified atom stereocenters. The minimum atomic E-state index is -0.812. The maximum atomic E-state index is 12.3. The third-order valence-electron chi connectivity index (χ3n) is 5.34. The summed E-state index contributed by atoms with van der Waals surface area (Å²) in [6.45, 7) is 6.59. The summed E-state index contributed by atoms with van der Waals surface area (Å²) in [7, 11) is 0. The number of aliphatic hydroxyl groups is 2. The Kier molecular flexibility index (Phi) is 7.80. The number of carbonyl (C=O) groups is 1. The topological polar surface area (TPSA) is 96.6 Å². The van der Waals surface area contributed by atoms with Gasteiger partial charge in [-0.1, -0.05) is 33.6 Å². The van der Waals surface area contributed by atoms with E-state index in [1.807, 2.05) is 0 Å². The molecule has 1 saturated heterocycles. The first-order valence-electron chi connectivity index (χ1n) is 8.65. The number of nitrogens with one attached hydrogen (secondary N) is 1. The fourth-order valence-electron chi connectivity index (χ4n) is 3.17. The number of carbonyl (C=O) groups excluding carboxylic acids is 1. The Morgan fingerprint density at radius 2 is 2.09 bits per heavy atom. The van der Waals surface area contributed by atoms with Gasteiger partial charge in [-0.05, 0) is 31.1 Å². The van der Waals surface area contributed by atoms with Gasteiger partial charge in [0.15, 0.2) is 6.19 Å². The molecule has 1 fully saturated rings. The molecule has 0 aliphatic carbocycles. The fourth-order valence-corrected chi connectivity index (χ4v) is 3.17. The van der Waals surface area contributed by atoms with E-state index in [1.54, 1.807) is 4.90 Å². The van der Waals surface area contributed by atoms with Gasteiger partial charge in [-0.25, -0.2) is 0 Å². The van der Waals surface area contributed by atoms with Crippen molar-refractivity contribution in [2.45, 2.75) is 77.5 Å². The van der Waals surface area contributed by atoms with Crippen LogP contribution in [0.3, 0.4) is 0 Å². The van der Waals surface area contributed by atoms with Crippen molar-refractivity contribution >= 4 is 5.91 Å². The Bertz CT molecular complexity index is 418. The van der Waals surface area contributed by atoms with Crippen LogP contribution in [0.4, 0.5) is 0 Å². The number of hydrogen-bond acceptors (Lipinski definition) is 5. The molecule has 0 aromatic carbocycles. The molecule has 132 valence electrons. The highest BCUT2D eigenvalue weighted by atomic mass is 16.3. The maximum Gasteiger partial charge on any atom is 0.243 e. The lowest BCUT2D eigenvalue weighted by Crippen LogP contribution is -2.45. The number of likely N-dealkylation sites (tertiary alicyclic amines) is 1. The first kappa shape index (κ1) is 19.7. The Morgan fingerprint density at radius 3 is 2.61 bits per heavy atom. The highest BCUT2D eigenvalue weighted by Gasteiger charge is 2.39. The number of amides is 1. The van der Waals surface area contributed by atoms with E-state index in [-0.39, 0.29) is 24.0 Å². The molecule has 0 bridgehead atoms. The Hall–Kier alpha value is -1.32. The van der Waals surface area contributed by atoms with Crippen molar-refractivity contribution in [1.29, 1.82) is 5.26 Å². The van der Waals surface area contributed by atoms with Crippen molar-refractivity contribution < 1.29 is 15.0 Å². The molecule has 1 aliphatic rings. The molecule has 23 heavy (non-hydrogen) atoms. The average Bonchev–Trinajstić information content (AvgIpc) is 2.96. The average molecular weight is 325 g/mol. The minimum absolute atomic E-state index is 0.128. The predicted molar refractivity (Wildman–Crippen MR) is 88.3 cm³/mol. The second kappa shape index (κ2) is 9.09. The molecule has 1 aliphatic heterocycles. The first-order valence-corrected chi connectivity index (χ1v) is 8.65. The van der Waals surface area contributed by atoms with Gasteiger partial charge in [0.05, 0.1) is 12.7 Å². The van der Waals surface area contributed by atoms with Gasteiger partial charge in [0.1, 0.15) is 6.04 Å². The maximum absolute atomic E-state index is 12.3. The molecule has 0 aromatic heterocycles. The number of nitriles is 1. The molecule has 0 radical (unpaired) electrons. The van der Waals surface area contributed by atoms with E-state index in [0.717, 1.165) is 25.7 Å². The van der Waals surface area contributed by atoms with Gasteiger partial charge < -0.3 is 15.5 Å². The zero-order valence-electron chi connectivity index (χ0n) is 14.6. The van der Waals surface area contributed by atoms with Crippen molar-refractivity contribution in [1.82, 2.24) is 10.2 Å². The largest absolute Gasteiger partial charge is 0.394 e. The molecule has 1 rings (SSSR count).